The summed E-state index contributed by atoms with van der Waals surface area (Å²) in [6, 6.07) is 11.0. The van der Waals surface area contributed by atoms with Crippen LogP contribution >= 0.6 is 0 Å². The van der Waals surface area contributed by atoms with Gasteiger partial charge in [0.25, 0.3) is 5.91 Å². The minimum atomic E-state index is -0.636. The third-order valence-corrected chi connectivity index (χ3v) is 4.19. The number of carbonyl (C=O) groups excluding carboxylic acids is 1. The van der Waals surface area contributed by atoms with Gasteiger partial charge in [-0.15, -0.1) is 0 Å². The number of benzene rings is 2. The van der Waals surface area contributed by atoms with Crippen LogP contribution in [-0.2, 0) is 0 Å². The molecule has 0 bridgehead atoms. The molecule has 1 heterocycles. The van der Waals surface area contributed by atoms with E-state index in [1.807, 2.05) is 30.3 Å². The fourth-order valence-electron chi connectivity index (χ4n) is 2.72. The standard InChI is InChI=1S/C19H18F2N4O/c1-11-14(20)7-8-15(21)17(11)18-13(9-24-25-18)19(26)23-10-16(22)12-5-3-2-4-6-12/h2-9,16H,10,22H2,1H3,(H,23,26)(H,24,25). The second-order valence-corrected chi connectivity index (χ2v) is 5.92. The van der Waals surface area contributed by atoms with Gasteiger partial charge in [-0.3, -0.25) is 9.89 Å². The van der Waals surface area contributed by atoms with Crippen LogP contribution in [0, 0.1) is 18.6 Å². The smallest absolute Gasteiger partial charge is 0.255 e. The molecular weight excluding hydrogens is 338 g/mol. The molecule has 1 unspecified atom stereocenters. The molecule has 0 aliphatic carbocycles. The number of carbonyl (C=O) groups is 1. The second-order valence-electron chi connectivity index (χ2n) is 5.92. The molecule has 4 N–H and O–H groups in total. The number of nitrogens with two attached hydrogens (primary N) is 1. The molecule has 134 valence electrons. The Morgan fingerprint density at radius 1 is 1.19 bits per heavy atom. The Kier molecular flexibility index (Phi) is 5.09. The summed E-state index contributed by atoms with van der Waals surface area (Å²) in [6.45, 7) is 1.64. The summed E-state index contributed by atoms with van der Waals surface area (Å²) in [6.07, 6.45) is 1.28. The summed E-state index contributed by atoms with van der Waals surface area (Å²) in [5.74, 6) is -1.67. The summed E-state index contributed by atoms with van der Waals surface area (Å²) < 4.78 is 28.0. The molecule has 26 heavy (non-hydrogen) atoms. The van der Waals surface area contributed by atoms with Gasteiger partial charge in [-0.05, 0) is 30.2 Å². The predicted molar refractivity (Wildman–Crippen MR) is 94.4 cm³/mol. The van der Waals surface area contributed by atoms with E-state index in [4.69, 9.17) is 5.73 Å². The minimum Gasteiger partial charge on any atom is -0.350 e. The number of nitrogens with one attached hydrogen (secondary N) is 2. The molecule has 7 heteroatoms. The maximum Gasteiger partial charge on any atom is 0.255 e. The SMILES string of the molecule is Cc1c(F)ccc(F)c1-c1[nH]ncc1C(=O)NCC(N)c1ccccc1. The quantitative estimate of drug-likeness (QED) is 0.657. The number of aromatic nitrogens is 2. The maximum atomic E-state index is 14.2. The van der Waals surface area contributed by atoms with E-state index in [0.29, 0.717) is 0 Å². The van der Waals surface area contributed by atoms with Gasteiger partial charge in [0.2, 0.25) is 0 Å². The maximum absolute atomic E-state index is 14.2. The van der Waals surface area contributed by atoms with E-state index in [1.54, 1.807) is 0 Å². The molecule has 1 atom stereocenters. The highest BCUT2D eigenvalue weighted by molar-refractivity contribution is 6.00. The molecule has 5 nitrogen and oxygen atoms in total. The monoisotopic (exact) mass is 356 g/mol. The van der Waals surface area contributed by atoms with Gasteiger partial charge in [0.1, 0.15) is 11.6 Å². The van der Waals surface area contributed by atoms with Gasteiger partial charge in [-0.25, -0.2) is 8.78 Å². The number of amides is 1. The molecule has 0 aliphatic heterocycles. The van der Waals surface area contributed by atoms with E-state index in [2.05, 4.69) is 15.5 Å². The lowest BCUT2D eigenvalue weighted by Crippen LogP contribution is -2.32. The average molecular weight is 356 g/mol. The Hall–Kier alpha value is -3.06. The van der Waals surface area contributed by atoms with Crippen LogP contribution < -0.4 is 11.1 Å². The number of H-pyrrole nitrogens is 1. The first-order valence-corrected chi connectivity index (χ1v) is 8.06. The summed E-state index contributed by atoms with van der Waals surface area (Å²) in [4.78, 5) is 12.5. The van der Waals surface area contributed by atoms with Crippen LogP contribution in [0.4, 0.5) is 8.78 Å². The van der Waals surface area contributed by atoms with Crippen LogP contribution in [0.25, 0.3) is 11.3 Å². The van der Waals surface area contributed by atoms with Crippen molar-refractivity contribution >= 4 is 5.91 Å². The highest BCUT2D eigenvalue weighted by Crippen LogP contribution is 2.29. The number of halogens is 2. The highest BCUT2D eigenvalue weighted by atomic mass is 19.1. The van der Waals surface area contributed by atoms with Crippen molar-refractivity contribution in [1.82, 2.24) is 15.5 Å². The second kappa shape index (κ2) is 7.45. The third-order valence-electron chi connectivity index (χ3n) is 4.19. The van der Waals surface area contributed by atoms with Gasteiger partial charge >= 0.3 is 0 Å². The van der Waals surface area contributed by atoms with Crippen LogP contribution in [0.1, 0.15) is 27.5 Å². The highest BCUT2D eigenvalue weighted by Gasteiger charge is 2.21. The van der Waals surface area contributed by atoms with E-state index in [0.717, 1.165) is 17.7 Å². The lowest BCUT2D eigenvalue weighted by atomic mass is 10.0. The van der Waals surface area contributed by atoms with Crippen molar-refractivity contribution in [3.8, 4) is 11.3 Å². The van der Waals surface area contributed by atoms with Crippen molar-refractivity contribution in [1.29, 1.82) is 0 Å². The zero-order chi connectivity index (χ0) is 18.7. The van der Waals surface area contributed by atoms with Crippen LogP contribution in [0.2, 0.25) is 0 Å². The Morgan fingerprint density at radius 3 is 2.62 bits per heavy atom. The van der Waals surface area contributed by atoms with Gasteiger partial charge < -0.3 is 11.1 Å². The summed E-state index contributed by atoms with van der Waals surface area (Å²) in [5, 5.41) is 9.10. The van der Waals surface area contributed by atoms with Crippen molar-refractivity contribution in [2.75, 3.05) is 6.54 Å². The molecule has 0 spiro atoms. The van der Waals surface area contributed by atoms with Crippen molar-refractivity contribution in [3.05, 3.63) is 77.0 Å². The van der Waals surface area contributed by atoms with Gasteiger partial charge in [-0.1, -0.05) is 30.3 Å². The Labute approximate surface area is 149 Å². The molecule has 1 amide bonds. The largest absolute Gasteiger partial charge is 0.350 e. The van der Waals surface area contributed by atoms with Gasteiger partial charge in [0, 0.05) is 18.2 Å². The molecule has 0 saturated carbocycles. The summed E-state index contributed by atoms with van der Waals surface area (Å²) >= 11 is 0. The lowest BCUT2D eigenvalue weighted by Gasteiger charge is -2.14. The molecule has 3 rings (SSSR count). The number of hydrogen-bond acceptors (Lipinski definition) is 3. The fourth-order valence-corrected chi connectivity index (χ4v) is 2.72. The lowest BCUT2D eigenvalue weighted by molar-refractivity contribution is 0.0952. The first-order chi connectivity index (χ1) is 12.5. The van der Waals surface area contributed by atoms with Gasteiger partial charge in [0.15, 0.2) is 0 Å². The van der Waals surface area contributed by atoms with E-state index in [-0.39, 0.29) is 35.0 Å². The summed E-state index contributed by atoms with van der Waals surface area (Å²) in [5.41, 5.74) is 7.29. The average Bonchev–Trinajstić information content (AvgIpc) is 3.13. The zero-order valence-electron chi connectivity index (χ0n) is 14.1. The molecule has 0 aliphatic rings. The van der Waals surface area contributed by atoms with Crippen molar-refractivity contribution < 1.29 is 13.6 Å². The van der Waals surface area contributed by atoms with Crippen molar-refractivity contribution in [3.63, 3.8) is 0 Å². The van der Waals surface area contributed by atoms with Crippen molar-refractivity contribution in [2.24, 2.45) is 5.73 Å². The number of rotatable bonds is 5. The van der Waals surface area contributed by atoms with E-state index in [1.165, 1.54) is 13.1 Å². The zero-order valence-corrected chi connectivity index (χ0v) is 14.1. The summed E-state index contributed by atoms with van der Waals surface area (Å²) in [7, 11) is 0. The Balaban J connectivity index is 1.81. The first kappa shape index (κ1) is 17.8. The number of hydrogen-bond donors (Lipinski definition) is 3. The third kappa shape index (κ3) is 3.48. The predicted octanol–water partition coefficient (Wildman–Crippen LogP) is 3.09. The fraction of sp³-hybridized carbons (Fsp3) is 0.158. The number of aromatic amines is 1. The van der Waals surface area contributed by atoms with Crippen LogP contribution in [0.5, 0.6) is 0 Å². The normalized spacial score (nSPS) is 12.0. The Bertz CT molecular complexity index is 925. The van der Waals surface area contributed by atoms with E-state index < -0.39 is 17.5 Å². The molecule has 3 aromatic rings. The van der Waals surface area contributed by atoms with E-state index >= 15 is 0 Å². The van der Waals surface area contributed by atoms with Crippen LogP contribution in [-0.4, -0.2) is 22.6 Å². The van der Waals surface area contributed by atoms with Gasteiger partial charge in [0.05, 0.1) is 17.5 Å². The molecule has 1 aromatic heterocycles. The molecule has 0 saturated heterocycles. The van der Waals surface area contributed by atoms with Gasteiger partial charge in [-0.2, -0.15) is 5.10 Å². The first-order valence-electron chi connectivity index (χ1n) is 8.06. The van der Waals surface area contributed by atoms with E-state index in [9.17, 15) is 13.6 Å². The topological polar surface area (TPSA) is 83.8 Å². The number of nitrogens with zero attached hydrogens (tertiary/aromatic N) is 1. The Morgan fingerprint density at radius 2 is 1.88 bits per heavy atom. The molecule has 2 aromatic carbocycles. The minimum absolute atomic E-state index is 0.0139. The van der Waals surface area contributed by atoms with Crippen LogP contribution in [0.15, 0.2) is 48.7 Å². The van der Waals surface area contributed by atoms with Crippen molar-refractivity contribution in [2.45, 2.75) is 13.0 Å². The molecular formula is C19H18F2N4O. The van der Waals surface area contributed by atoms with Crippen LogP contribution in [0.3, 0.4) is 0 Å². The molecule has 0 fully saturated rings. The molecule has 0 radical (unpaired) electrons.